The largest absolute Gasteiger partial charge is 0.485 e. The number of piperidine rings is 1. The van der Waals surface area contributed by atoms with Crippen LogP contribution in [0.25, 0.3) is 11.1 Å². The highest BCUT2D eigenvalue weighted by Crippen LogP contribution is 2.30. The fourth-order valence-electron chi connectivity index (χ4n) is 3.67. The van der Waals surface area contributed by atoms with Gasteiger partial charge in [0, 0.05) is 35.6 Å². The summed E-state index contributed by atoms with van der Waals surface area (Å²) >= 11 is 0. The monoisotopic (exact) mass is 447 g/mol. The Bertz CT molecular complexity index is 1170. The number of hydrogen-bond donors (Lipinski definition) is 3. The SMILES string of the molecule is CC(C)(O)C#Cc1cccc(COc2cc(-c3cnn(C4CCCCN4O)c3)cnc2N)c1. The average molecular weight is 448 g/mol. The molecular formula is C25H29N5O3. The molecule has 0 aliphatic carbocycles. The quantitative estimate of drug-likeness (QED) is 0.513. The summed E-state index contributed by atoms with van der Waals surface area (Å²) in [5.74, 6) is 6.57. The lowest BCUT2D eigenvalue weighted by Gasteiger charge is -2.30. The Balaban J connectivity index is 1.48. The standard InChI is InChI=1S/C25H29N5O3/c1-25(2,31)10-9-18-6-5-7-19(12-18)17-33-22-13-20(14-27-24(22)26)21-15-28-29(16-21)23-8-3-4-11-30(23)32/h5-7,12-16,23,31-32H,3-4,8,11,17H2,1-2H3,(H2,26,27). The second kappa shape index (κ2) is 9.63. The molecule has 2 aromatic heterocycles. The minimum atomic E-state index is -1.05. The number of hydroxylamine groups is 2. The molecule has 0 spiro atoms. The minimum absolute atomic E-state index is 0.156. The maximum Gasteiger partial charge on any atom is 0.166 e. The summed E-state index contributed by atoms with van der Waals surface area (Å²) in [4.78, 5) is 4.28. The van der Waals surface area contributed by atoms with Crippen molar-refractivity contribution in [1.29, 1.82) is 0 Å². The van der Waals surface area contributed by atoms with Crippen LogP contribution in [0.15, 0.2) is 48.9 Å². The van der Waals surface area contributed by atoms with E-state index in [0.29, 0.717) is 24.7 Å². The Hall–Kier alpha value is -3.38. The lowest BCUT2D eigenvalue weighted by Crippen LogP contribution is -2.34. The number of nitrogens with two attached hydrogens (primary N) is 1. The zero-order valence-corrected chi connectivity index (χ0v) is 18.9. The minimum Gasteiger partial charge on any atom is -0.485 e. The summed E-state index contributed by atoms with van der Waals surface area (Å²) in [5, 5.41) is 25.7. The second-order valence-electron chi connectivity index (χ2n) is 8.75. The fraction of sp³-hybridized carbons (Fsp3) is 0.360. The van der Waals surface area contributed by atoms with Crippen molar-refractivity contribution >= 4 is 5.82 Å². The highest BCUT2D eigenvalue weighted by molar-refractivity contribution is 5.65. The zero-order valence-electron chi connectivity index (χ0n) is 18.9. The molecule has 1 saturated heterocycles. The highest BCUT2D eigenvalue weighted by atomic mass is 16.5. The van der Waals surface area contributed by atoms with Gasteiger partial charge in [-0.1, -0.05) is 24.0 Å². The lowest BCUT2D eigenvalue weighted by molar-refractivity contribution is -0.169. The van der Waals surface area contributed by atoms with E-state index in [1.165, 1.54) is 5.06 Å². The van der Waals surface area contributed by atoms with Crippen LogP contribution in [0.2, 0.25) is 0 Å². The molecule has 8 heteroatoms. The van der Waals surface area contributed by atoms with E-state index in [2.05, 4.69) is 21.9 Å². The second-order valence-corrected chi connectivity index (χ2v) is 8.75. The number of anilines is 1. The molecule has 8 nitrogen and oxygen atoms in total. The van der Waals surface area contributed by atoms with Gasteiger partial charge in [-0.3, -0.25) is 4.68 Å². The van der Waals surface area contributed by atoms with Crippen LogP contribution in [0, 0.1) is 11.8 Å². The molecule has 0 amide bonds. The van der Waals surface area contributed by atoms with E-state index in [9.17, 15) is 10.3 Å². The third kappa shape index (κ3) is 5.90. The molecule has 3 aromatic rings. The van der Waals surface area contributed by atoms with Crippen LogP contribution in [0.5, 0.6) is 5.75 Å². The van der Waals surface area contributed by atoms with Gasteiger partial charge in [0.15, 0.2) is 11.6 Å². The van der Waals surface area contributed by atoms with Crippen LogP contribution in [0.4, 0.5) is 5.82 Å². The van der Waals surface area contributed by atoms with Gasteiger partial charge in [-0.15, -0.1) is 0 Å². The third-order valence-electron chi connectivity index (χ3n) is 5.40. The molecule has 1 aliphatic heterocycles. The molecule has 1 unspecified atom stereocenters. The maximum atomic E-state index is 10.2. The number of nitrogens with zero attached hydrogens (tertiary/aromatic N) is 4. The van der Waals surface area contributed by atoms with Crippen LogP contribution in [0.1, 0.15) is 50.4 Å². The van der Waals surface area contributed by atoms with Crippen molar-refractivity contribution in [3.05, 3.63) is 60.0 Å². The molecule has 0 saturated carbocycles. The predicted molar refractivity (Wildman–Crippen MR) is 125 cm³/mol. The van der Waals surface area contributed by atoms with Crippen molar-refractivity contribution in [2.75, 3.05) is 12.3 Å². The van der Waals surface area contributed by atoms with Crippen LogP contribution < -0.4 is 10.5 Å². The molecule has 1 fully saturated rings. The molecule has 1 atom stereocenters. The van der Waals surface area contributed by atoms with Crippen molar-refractivity contribution in [2.45, 2.75) is 51.5 Å². The fourth-order valence-corrected chi connectivity index (χ4v) is 3.67. The van der Waals surface area contributed by atoms with Gasteiger partial charge in [0.25, 0.3) is 0 Å². The van der Waals surface area contributed by atoms with E-state index in [1.54, 1.807) is 30.9 Å². The number of ether oxygens (including phenoxy) is 1. The number of nitrogen functional groups attached to an aromatic ring is 1. The van der Waals surface area contributed by atoms with Crippen LogP contribution in [-0.2, 0) is 6.61 Å². The van der Waals surface area contributed by atoms with Crippen molar-refractivity contribution in [1.82, 2.24) is 19.8 Å². The Morgan fingerprint density at radius 2 is 2.06 bits per heavy atom. The first-order chi connectivity index (χ1) is 15.8. The summed E-state index contributed by atoms with van der Waals surface area (Å²) in [6.07, 6.45) is 8.09. The van der Waals surface area contributed by atoms with Gasteiger partial charge in [0.1, 0.15) is 18.4 Å². The number of hydrogen-bond acceptors (Lipinski definition) is 7. The average Bonchev–Trinajstić information content (AvgIpc) is 3.27. The van der Waals surface area contributed by atoms with Crippen molar-refractivity contribution in [2.24, 2.45) is 0 Å². The molecule has 33 heavy (non-hydrogen) atoms. The molecule has 1 aromatic carbocycles. The summed E-state index contributed by atoms with van der Waals surface area (Å²) < 4.78 is 7.75. The molecule has 3 heterocycles. The number of rotatable bonds is 5. The molecule has 172 valence electrons. The zero-order chi connectivity index (χ0) is 23.4. The van der Waals surface area contributed by atoms with E-state index < -0.39 is 5.60 Å². The van der Waals surface area contributed by atoms with E-state index in [1.807, 2.05) is 36.5 Å². The normalized spacial score (nSPS) is 16.8. The van der Waals surface area contributed by atoms with E-state index in [0.717, 1.165) is 41.5 Å². The Morgan fingerprint density at radius 1 is 1.21 bits per heavy atom. The van der Waals surface area contributed by atoms with Crippen molar-refractivity contribution in [3.63, 3.8) is 0 Å². The van der Waals surface area contributed by atoms with Gasteiger partial charge in [-0.05, 0) is 56.9 Å². The van der Waals surface area contributed by atoms with Crippen molar-refractivity contribution < 1.29 is 15.1 Å². The molecule has 0 bridgehead atoms. The molecule has 0 radical (unpaired) electrons. The van der Waals surface area contributed by atoms with E-state index in [4.69, 9.17) is 10.5 Å². The first kappa shape index (κ1) is 22.8. The molecule has 4 rings (SSSR count). The van der Waals surface area contributed by atoms with Crippen LogP contribution in [-0.4, -0.2) is 42.3 Å². The maximum absolute atomic E-state index is 10.2. The van der Waals surface area contributed by atoms with Gasteiger partial charge in [0.2, 0.25) is 0 Å². The Kier molecular flexibility index (Phi) is 6.65. The smallest absolute Gasteiger partial charge is 0.166 e. The van der Waals surface area contributed by atoms with Gasteiger partial charge in [0.05, 0.1) is 6.20 Å². The van der Waals surface area contributed by atoms with Gasteiger partial charge < -0.3 is 20.8 Å². The summed E-state index contributed by atoms with van der Waals surface area (Å²) in [6, 6.07) is 9.49. The molecule has 1 aliphatic rings. The summed E-state index contributed by atoms with van der Waals surface area (Å²) in [5.41, 5.74) is 8.43. The van der Waals surface area contributed by atoms with Gasteiger partial charge in [-0.25, -0.2) is 4.98 Å². The molecular weight excluding hydrogens is 418 g/mol. The Labute approximate surface area is 193 Å². The Morgan fingerprint density at radius 3 is 2.85 bits per heavy atom. The van der Waals surface area contributed by atoms with Gasteiger partial charge >= 0.3 is 0 Å². The van der Waals surface area contributed by atoms with Gasteiger partial charge in [-0.2, -0.15) is 10.2 Å². The first-order valence-corrected chi connectivity index (χ1v) is 11.0. The molecule has 4 N–H and O–H groups in total. The van der Waals surface area contributed by atoms with Crippen LogP contribution >= 0.6 is 0 Å². The first-order valence-electron chi connectivity index (χ1n) is 11.0. The van der Waals surface area contributed by atoms with Crippen LogP contribution in [0.3, 0.4) is 0 Å². The summed E-state index contributed by atoms with van der Waals surface area (Å²) in [7, 11) is 0. The van der Waals surface area contributed by atoms with Crippen molar-refractivity contribution in [3.8, 4) is 28.7 Å². The predicted octanol–water partition coefficient (Wildman–Crippen LogP) is 3.60. The van der Waals surface area contributed by atoms with E-state index >= 15 is 0 Å². The number of benzene rings is 1. The number of pyridine rings is 1. The number of aromatic nitrogens is 3. The highest BCUT2D eigenvalue weighted by Gasteiger charge is 2.23. The third-order valence-corrected chi connectivity index (χ3v) is 5.40. The van der Waals surface area contributed by atoms with E-state index in [-0.39, 0.29) is 6.17 Å². The summed E-state index contributed by atoms with van der Waals surface area (Å²) in [6.45, 7) is 4.24. The number of aliphatic hydroxyl groups is 1. The topological polar surface area (TPSA) is 110 Å². The lowest BCUT2D eigenvalue weighted by atomic mass is 10.1.